The summed E-state index contributed by atoms with van der Waals surface area (Å²) in [5.41, 5.74) is 5.81. The van der Waals surface area contributed by atoms with E-state index >= 15 is 0 Å². The highest BCUT2D eigenvalue weighted by molar-refractivity contribution is 7.15. The highest BCUT2D eigenvalue weighted by atomic mass is 32.1. The topological polar surface area (TPSA) is 69.6 Å². The summed E-state index contributed by atoms with van der Waals surface area (Å²) in [4.78, 5) is 27.7. The van der Waals surface area contributed by atoms with Gasteiger partial charge in [-0.15, -0.1) is 11.3 Å². The maximum atomic E-state index is 12.7. The molecule has 2 heterocycles. The van der Waals surface area contributed by atoms with Crippen LogP contribution in [0.5, 0.6) is 0 Å². The van der Waals surface area contributed by atoms with Gasteiger partial charge in [-0.05, 0) is 36.6 Å². The molecule has 2 amide bonds. The Morgan fingerprint density at radius 2 is 1.92 bits per heavy atom. The number of benzene rings is 1. The van der Waals surface area contributed by atoms with E-state index in [2.05, 4.69) is 0 Å². The van der Waals surface area contributed by atoms with Crippen LogP contribution in [-0.4, -0.2) is 28.5 Å². The van der Waals surface area contributed by atoms with Crippen LogP contribution in [0.25, 0.3) is 5.57 Å². The predicted molar refractivity (Wildman–Crippen MR) is 97.4 cm³/mol. The average molecular weight is 356 g/mol. The minimum Gasteiger partial charge on any atom is -0.334 e. The van der Waals surface area contributed by atoms with Gasteiger partial charge >= 0.3 is 0 Å². The molecule has 0 spiro atoms. The normalized spacial score (nSPS) is 13.4. The number of rotatable bonds is 3. The molecule has 2 aromatic rings. The van der Waals surface area contributed by atoms with E-state index in [-0.39, 0.29) is 5.91 Å². The first kappa shape index (κ1) is 17.4. The lowest BCUT2D eigenvalue weighted by molar-refractivity contribution is -0.130. The second kappa shape index (κ2) is 7.21. The third kappa shape index (κ3) is 3.65. The highest BCUT2D eigenvalue weighted by Gasteiger charge is 2.28. The molecule has 6 heteroatoms. The standard InChI is InChI=1S/C19H20N2O3S/c1-12(2)15-11-21(17(22)8-13-6-4-3-5-7-13)10-14-9-16(19(23)20-24)25-18(14)15/h3-7,9,24H,8,10-11H2,1-2H3,(H,20,23). The predicted octanol–water partition coefficient (Wildman–Crippen LogP) is 3.25. The maximum Gasteiger partial charge on any atom is 0.284 e. The summed E-state index contributed by atoms with van der Waals surface area (Å²) in [6, 6.07) is 11.4. The van der Waals surface area contributed by atoms with Gasteiger partial charge in [0.15, 0.2) is 0 Å². The molecule has 0 aliphatic carbocycles. The molecule has 130 valence electrons. The molecule has 5 nitrogen and oxygen atoms in total. The van der Waals surface area contributed by atoms with E-state index < -0.39 is 5.91 Å². The summed E-state index contributed by atoms with van der Waals surface area (Å²) in [6.07, 6.45) is 0.361. The number of hydroxylamine groups is 1. The first-order valence-electron chi connectivity index (χ1n) is 8.05. The van der Waals surface area contributed by atoms with E-state index in [1.807, 2.05) is 49.1 Å². The zero-order chi connectivity index (χ0) is 18.0. The van der Waals surface area contributed by atoms with Crippen molar-refractivity contribution in [1.29, 1.82) is 0 Å². The number of amides is 2. The van der Waals surface area contributed by atoms with Crippen LogP contribution in [-0.2, 0) is 17.8 Å². The van der Waals surface area contributed by atoms with E-state index in [0.717, 1.165) is 27.2 Å². The lowest BCUT2D eigenvalue weighted by atomic mass is 9.99. The number of nitrogens with zero attached hydrogens (tertiary/aromatic N) is 1. The third-order valence-electron chi connectivity index (χ3n) is 4.27. The first-order valence-corrected chi connectivity index (χ1v) is 8.86. The number of allylic oxidation sites excluding steroid dienone is 1. The molecule has 1 aliphatic heterocycles. The minimum atomic E-state index is -0.519. The summed E-state index contributed by atoms with van der Waals surface area (Å²) < 4.78 is 0. The van der Waals surface area contributed by atoms with Gasteiger partial charge in [-0.1, -0.05) is 35.9 Å². The van der Waals surface area contributed by atoms with Crippen molar-refractivity contribution >= 4 is 28.7 Å². The van der Waals surface area contributed by atoms with Gasteiger partial charge in [-0.3, -0.25) is 14.8 Å². The van der Waals surface area contributed by atoms with Gasteiger partial charge in [-0.2, -0.15) is 0 Å². The van der Waals surface area contributed by atoms with Gasteiger partial charge in [0.05, 0.1) is 11.3 Å². The molecule has 25 heavy (non-hydrogen) atoms. The molecule has 3 rings (SSSR count). The van der Waals surface area contributed by atoms with Crippen LogP contribution < -0.4 is 5.48 Å². The van der Waals surface area contributed by atoms with E-state index in [4.69, 9.17) is 5.21 Å². The summed E-state index contributed by atoms with van der Waals surface area (Å²) in [6.45, 7) is 5.04. The van der Waals surface area contributed by atoms with Crippen molar-refractivity contribution in [2.24, 2.45) is 0 Å². The molecule has 0 atom stereocenters. The van der Waals surface area contributed by atoms with E-state index in [1.54, 1.807) is 11.5 Å². The summed E-state index contributed by atoms with van der Waals surface area (Å²) >= 11 is 1.35. The fraction of sp³-hybridized carbons (Fsp3) is 0.263. The Morgan fingerprint density at radius 3 is 2.56 bits per heavy atom. The number of carbonyl (C=O) groups excluding carboxylic acids is 2. The first-order chi connectivity index (χ1) is 12.0. The summed E-state index contributed by atoms with van der Waals surface area (Å²) in [5, 5.41) is 8.86. The van der Waals surface area contributed by atoms with Crippen molar-refractivity contribution in [2.75, 3.05) is 6.54 Å². The van der Waals surface area contributed by atoms with Gasteiger partial charge < -0.3 is 4.90 Å². The Balaban J connectivity index is 1.88. The van der Waals surface area contributed by atoms with Crippen molar-refractivity contribution < 1.29 is 14.8 Å². The van der Waals surface area contributed by atoms with Gasteiger partial charge in [0.1, 0.15) is 0 Å². The monoisotopic (exact) mass is 356 g/mol. The fourth-order valence-electron chi connectivity index (χ4n) is 2.94. The van der Waals surface area contributed by atoms with Crippen molar-refractivity contribution in [3.05, 3.63) is 62.9 Å². The lowest BCUT2D eigenvalue weighted by Gasteiger charge is -2.30. The van der Waals surface area contributed by atoms with E-state index in [0.29, 0.717) is 24.4 Å². The molecular weight excluding hydrogens is 336 g/mol. The van der Waals surface area contributed by atoms with E-state index in [1.165, 1.54) is 11.3 Å². The quantitative estimate of drug-likeness (QED) is 0.655. The zero-order valence-electron chi connectivity index (χ0n) is 14.2. The van der Waals surface area contributed by atoms with Crippen LogP contribution in [0, 0.1) is 0 Å². The molecule has 1 aromatic carbocycles. The molecule has 0 saturated heterocycles. The van der Waals surface area contributed by atoms with Crippen LogP contribution in [0.15, 0.2) is 42.0 Å². The molecule has 0 fully saturated rings. The number of hydrogen-bond acceptors (Lipinski definition) is 4. The van der Waals surface area contributed by atoms with Crippen molar-refractivity contribution in [3.63, 3.8) is 0 Å². The molecule has 0 unspecified atom stereocenters. The van der Waals surface area contributed by atoms with Crippen molar-refractivity contribution in [3.8, 4) is 0 Å². The SMILES string of the molecule is CC(C)=C1CN(C(=O)Cc2ccccc2)Cc2cc(C(=O)NO)sc21. The fourth-order valence-corrected chi connectivity index (χ4v) is 4.14. The number of hydrogen-bond donors (Lipinski definition) is 2. The summed E-state index contributed by atoms with van der Waals surface area (Å²) in [7, 11) is 0. The Labute approximate surface area is 150 Å². The molecular formula is C19H20N2O3S. The second-order valence-corrected chi connectivity index (χ2v) is 7.35. The Hall–Kier alpha value is -2.44. The Bertz CT molecular complexity index is 836. The third-order valence-corrected chi connectivity index (χ3v) is 5.51. The number of thiophene rings is 1. The average Bonchev–Trinajstić information content (AvgIpc) is 3.04. The van der Waals surface area contributed by atoms with Crippen LogP contribution in [0.2, 0.25) is 0 Å². The summed E-state index contributed by atoms with van der Waals surface area (Å²) in [5.74, 6) is -0.454. The molecule has 0 saturated carbocycles. The minimum absolute atomic E-state index is 0.0648. The van der Waals surface area contributed by atoms with E-state index in [9.17, 15) is 9.59 Å². The molecule has 1 aromatic heterocycles. The van der Waals surface area contributed by atoms with Gasteiger partial charge in [-0.25, -0.2) is 5.48 Å². The Kier molecular flexibility index (Phi) is 5.01. The zero-order valence-corrected chi connectivity index (χ0v) is 15.0. The molecule has 2 N–H and O–H groups in total. The van der Waals surface area contributed by atoms with Crippen LogP contribution in [0.1, 0.15) is 39.5 Å². The highest BCUT2D eigenvalue weighted by Crippen LogP contribution is 2.36. The van der Waals surface area contributed by atoms with Crippen LogP contribution in [0.3, 0.4) is 0 Å². The largest absolute Gasteiger partial charge is 0.334 e. The number of fused-ring (bicyclic) bond motifs is 1. The lowest BCUT2D eigenvalue weighted by Crippen LogP contribution is -2.36. The second-order valence-electron chi connectivity index (χ2n) is 6.30. The molecule has 1 aliphatic rings. The number of nitrogens with one attached hydrogen (secondary N) is 1. The van der Waals surface area contributed by atoms with Gasteiger partial charge in [0, 0.05) is 18.0 Å². The molecule has 0 radical (unpaired) electrons. The Morgan fingerprint density at radius 1 is 1.20 bits per heavy atom. The van der Waals surface area contributed by atoms with Gasteiger partial charge in [0.2, 0.25) is 5.91 Å². The van der Waals surface area contributed by atoms with Crippen LogP contribution in [0.4, 0.5) is 0 Å². The van der Waals surface area contributed by atoms with Gasteiger partial charge in [0.25, 0.3) is 5.91 Å². The molecule has 0 bridgehead atoms. The van der Waals surface area contributed by atoms with Crippen molar-refractivity contribution in [1.82, 2.24) is 10.4 Å². The smallest absolute Gasteiger partial charge is 0.284 e. The van der Waals surface area contributed by atoms with Crippen LogP contribution >= 0.6 is 11.3 Å². The van der Waals surface area contributed by atoms with Crippen molar-refractivity contribution in [2.45, 2.75) is 26.8 Å². The maximum absolute atomic E-state index is 12.7. The number of carbonyl (C=O) groups is 2.